The van der Waals surface area contributed by atoms with E-state index in [9.17, 15) is 23.7 Å². The summed E-state index contributed by atoms with van der Waals surface area (Å²) < 4.78 is 31.5. The van der Waals surface area contributed by atoms with Crippen LogP contribution in [0.3, 0.4) is 0 Å². The van der Waals surface area contributed by atoms with E-state index in [2.05, 4.69) is 0 Å². The van der Waals surface area contributed by atoms with Crippen molar-refractivity contribution in [1.29, 1.82) is 0 Å². The molecule has 0 aliphatic rings. The molecule has 7 nitrogen and oxygen atoms in total. The highest BCUT2D eigenvalue weighted by atomic mass is 32.2. The van der Waals surface area contributed by atoms with Crippen LogP contribution in [0.25, 0.3) is 0 Å². The Kier molecular flexibility index (Phi) is 4.88. The molecule has 19 heavy (non-hydrogen) atoms. The van der Waals surface area contributed by atoms with Crippen molar-refractivity contribution in [1.82, 2.24) is 4.90 Å². The van der Waals surface area contributed by atoms with Crippen molar-refractivity contribution >= 4 is 10.1 Å². The Morgan fingerprint density at radius 2 is 1.74 bits per heavy atom. The lowest BCUT2D eigenvalue weighted by Crippen LogP contribution is -2.39. The number of rotatable bonds is 5. The van der Waals surface area contributed by atoms with Crippen LogP contribution >= 0.6 is 0 Å². The maximum atomic E-state index is 11.2. The largest absolute Gasteiger partial charge is 0.508 e. The molecular formula is C11H17NO6S. The van der Waals surface area contributed by atoms with E-state index in [0.717, 1.165) is 18.2 Å². The lowest BCUT2D eigenvalue weighted by Gasteiger charge is -2.28. The fourth-order valence-electron chi connectivity index (χ4n) is 1.71. The van der Waals surface area contributed by atoms with Gasteiger partial charge in [-0.05, 0) is 37.6 Å². The van der Waals surface area contributed by atoms with Gasteiger partial charge in [-0.25, -0.2) is 4.90 Å². The maximum absolute atomic E-state index is 11.2. The molecule has 8 heteroatoms. The van der Waals surface area contributed by atoms with Crippen LogP contribution in [0.4, 0.5) is 0 Å². The van der Waals surface area contributed by atoms with Gasteiger partial charge in [-0.2, -0.15) is 8.42 Å². The Hall–Kier alpha value is -1.19. The molecule has 1 aromatic carbocycles. The molecule has 2 atom stereocenters. The second kappa shape index (κ2) is 5.85. The van der Waals surface area contributed by atoms with Crippen molar-refractivity contribution in [3.05, 3.63) is 23.8 Å². The molecule has 0 bridgehead atoms. The minimum Gasteiger partial charge on any atom is -0.508 e. The number of aliphatic hydroxyl groups is 2. The van der Waals surface area contributed by atoms with Gasteiger partial charge in [-0.3, -0.25) is 4.55 Å². The van der Waals surface area contributed by atoms with Crippen molar-refractivity contribution in [2.24, 2.45) is 0 Å². The van der Waals surface area contributed by atoms with Crippen LogP contribution < -0.4 is 0 Å². The van der Waals surface area contributed by atoms with E-state index in [4.69, 9.17) is 4.55 Å². The fraction of sp³-hybridized carbons (Fsp3) is 0.455. The van der Waals surface area contributed by atoms with Crippen LogP contribution in [-0.2, 0) is 16.7 Å². The van der Waals surface area contributed by atoms with Crippen LogP contribution in [0.5, 0.6) is 5.75 Å². The monoisotopic (exact) mass is 291 g/mol. The third kappa shape index (κ3) is 4.15. The molecule has 0 aliphatic carbocycles. The summed E-state index contributed by atoms with van der Waals surface area (Å²) in [5.74, 6) is -0.182. The minimum absolute atomic E-state index is 0.0734. The summed E-state index contributed by atoms with van der Waals surface area (Å²) in [7, 11) is -4.45. The molecule has 0 heterocycles. The molecule has 0 aromatic heterocycles. The maximum Gasteiger partial charge on any atom is 0.294 e. The van der Waals surface area contributed by atoms with Gasteiger partial charge in [-0.15, -0.1) is 0 Å². The van der Waals surface area contributed by atoms with Gasteiger partial charge >= 0.3 is 0 Å². The third-order valence-corrected chi connectivity index (χ3v) is 3.59. The van der Waals surface area contributed by atoms with Gasteiger partial charge in [0, 0.05) is 6.54 Å². The zero-order valence-corrected chi connectivity index (χ0v) is 11.4. The fourth-order valence-corrected chi connectivity index (χ4v) is 2.41. The summed E-state index contributed by atoms with van der Waals surface area (Å²) in [5, 5.41) is 28.4. The van der Waals surface area contributed by atoms with Gasteiger partial charge in [0.2, 0.25) is 0 Å². The first-order valence-corrected chi connectivity index (χ1v) is 6.98. The number of nitrogens with zero attached hydrogens (tertiary/aromatic N) is 1. The van der Waals surface area contributed by atoms with Gasteiger partial charge in [-0.1, -0.05) is 0 Å². The zero-order chi connectivity index (χ0) is 14.8. The number of aliphatic hydroxyl groups excluding tert-OH is 2. The first-order valence-electron chi connectivity index (χ1n) is 5.54. The Morgan fingerprint density at radius 1 is 1.21 bits per heavy atom. The molecule has 0 fully saturated rings. The summed E-state index contributed by atoms with van der Waals surface area (Å²) in [6, 6.07) is 3.34. The number of benzene rings is 1. The van der Waals surface area contributed by atoms with Gasteiger partial charge in [0.1, 0.15) is 18.2 Å². The van der Waals surface area contributed by atoms with E-state index in [1.807, 2.05) is 0 Å². The van der Waals surface area contributed by atoms with Crippen molar-refractivity contribution < 1.29 is 28.3 Å². The van der Waals surface area contributed by atoms with Crippen LogP contribution in [0, 0.1) is 0 Å². The zero-order valence-electron chi connectivity index (χ0n) is 10.6. The number of phenols is 1. The standard InChI is InChI=1S/C11H17NO6S/c1-7(13)12(8(2)14)6-9-5-10(15)3-4-11(9)19(16,17)18/h3-5,7-8,13-15H,6H2,1-2H3,(H,16,17,18). The molecule has 0 spiro atoms. The second-order valence-corrected chi connectivity index (χ2v) is 5.59. The first-order chi connectivity index (χ1) is 8.62. The first kappa shape index (κ1) is 15.9. The number of hydrogen-bond donors (Lipinski definition) is 4. The minimum atomic E-state index is -4.45. The lowest BCUT2D eigenvalue weighted by molar-refractivity contribution is -0.0901. The topological polar surface area (TPSA) is 118 Å². The van der Waals surface area contributed by atoms with Crippen LogP contribution in [0.1, 0.15) is 19.4 Å². The summed E-state index contributed by atoms with van der Waals surface area (Å²) in [6.07, 6.45) is -2.06. The molecule has 0 saturated carbocycles. The molecule has 0 saturated heterocycles. The Bertz CT molecular complexity index is 532. The molecular weight excluding hydrogens is 274 g/mol. The van der Waals surface area contributed by atoms with Gasteiger partial charge < -0.3 is 15.3 Å². The normalized spacial score (nSPS) is 15.5. The van der Waals surface area contributed by atoms with E-state index >= 15 is 0 Å². The van der Waals surface area contributed by atoms with Crippen LogP contribution in [0.15, 0.2) is 23.1 Å². The van der Waals surface area contributed by atoms with E-state index in [1.165, 1.54) is 18.7 Å². The predicted molar refractivity (Wildman–Crippen MR) is 66.8 cm³/mol. The van der Waals surface area contributed by atoms with Crippen LogP contribution in [-0.4, -0.2) is 45.6 Å². The quantitative estimate of drug-likeness (QED) is 0.449. The molecule has 1 aromatic rings. The lowest BCUT2D eigenvalue weighted by atomic mass is 10.2. The Labute approximate surface area is 111 Å². The Balaban J connectivity index is 3.22. The third-order valence-electron chi connectivity index (χ3n) is 2.63. The van der Waals surface area contributed by atoms with Crippen LogP contribution in [0.2, 0.25) is 0 Å². The number of aromatic hydroxyl groups is 1. The summed E-state index contributed by atoms with van der Waals surface area (Å²) >= 11 is 0. The SMILES string of the molecule is CC(O)N(Cc1cc(O)ccc1S(=O)(=O)O)C(C)O. The highest BCUT2D eigenvalue weighted by Crippen LogP contribution is 2.23. The average molecular weight is 291 g/mol. The molecule has 0 amide bonds. The molecule has 0 aliphatic heterocycles. The highest BCUT2D eigenvalue weighted by Gasteiger charge is 2.22. The second-order valence-electron chi connectivity index (χ2n) is 4.20. The van der Waals surface area contributed by atoms with E-state index in [0.29, 0.717) is 0 Å². The highest BCUT2D eigenvalue weighted by molar-refractivity contribution is 7.85. The van der Waals surface area contributed by atoms with Crippen molar-refractivity contribution in [3.63, 3.8) is 0 Å². The van der Waals surface area contributed by atoms with E-state index in [-0.39, 0.29) is 22.8 Å². The van der Waals surface area contributed by atoms with Crippen molar-refractivity contribution in [2.75, 3.05) is 0 Å². The Morgan fingerprint density at radius 3 is 2.16 bits per heavy atom. The predicted octanol–water partition coefficient (Wildman–Crippen LogP) is 0.117. The summed E-state index contributed by atoms with van der Waals surface area (Å²) in [4.78, 5) is 0.806. The van der Waals surface area contributed by atoms with Gasteiger partial charge in [0.05, 0.1) is 4.90 Å². The number of phenolic OH excluding ortho intramolecular Hbond substituents is 1. The molecule has 0 radical (unpaired) electrons. The molecule has 2 unspecified atom stereocenters. The van der Waals surface area contributed by atoms with E-state index < -0.39 is 22.6 Å². The molecule has 1 rings (SSSR count). The van der Waals surface area contributed by atoms with Gasteiger partial charge in [0.15, 0.2) is 0 Å². The van der Waals surface area contributed by atoms with Crippen molar-refractivity contribution in [3.8, 4) is 5.75 Å². The molecule has 108 valence electrons. The molecule has 4 N–H and O–H groups in total. The average Bonchev–Trinajstić information content (AvgIpc) is 2.23. The summed E-state index contributed by atoms with van der Waals surface area (Å²) in [5.41, 5.74) is 0.0734. The van der Waals surface area contributed by atoms with E-state index in [1.54, 1.807) is 0 Å². The van der Waals surface area contributed by atoms with Gasteiger partial charge in [0.25, 0.3) is 10.1 Å². The smallest absolute Gasteiger partial charge is 0.294 e. The summed E-state index contributed by atoms with van der Waals surface area (Å²) in [6.45, 7) is 2.66. The van der Waals surface area contributed by atoms with Crippen molar-refractivity contribution in [2.45, 2.75) is 37.7 Å². The number of hydrogen-bond acceptors (Lipinski definition) is 6.